The van der Waals surface area contributed by atoms with Crippen LogP contribution in [-0.4, -0.2) is 41.3 Å². The first kappa shape index (κ1) is 15.6. The van der Waals surface area contributed by atoms with Crippen molar-refractivity contribution in [2.75, 3.05) is 20.2 Å². The van der Waals surface area contributed by atoms with Crippen LogP contribution in [0.2, 0.25) is 0 Å². The lowest BCUT2D eigenvalue weighted by atomic mass is 10.2. The maximum atomic E-state index is 9.25. The molecule has 18 heavy (non-hydrogen) atoms. The fourth-order valence-electron chi connectivity index (χ4n) is 1.67. The molecule has 1 rings (SSSR count). The Kier molecular flexibility index (Phi) is 6.78. The van der Waals surface area contributed by atoms with Crippen LogP contribution in [-0.2, 0) is 11.3 Å². The second-order valence-corrected chi connectivity index (χ2v) is 5.54. The second kappa shape index (κ2) is 7.84. The van der Waals surface area contributed by atoms with Gasteiger partial charge in [0.15, 0.2) is 0 Å². The van der Waals surface area contributed by atoms with Crippen molar-refractivity contribution in [1.29, 1.82) is 0 Å². The molecule has 2 unspecified atom stereocenters. The molecule has 2 atom stereocenters. The Morgan fingerprint density at radius 2 is 2.22 bits per heavy atom. The Bertz CT molecular complexity index is 341. The van der Waals surface area contributed by atoms with Gasteiger partial charge >= 0.3 is 0 Å². The zero-order valence-electron chi connectivity index (χ0n) is 11.7. The molecule has 0 aliphatic heterocycles. The number of hydrogen-bond acceptors (Lipinski definition) is 5. The molecule has 1 aromatic rings. The highest BCUT2D eigenvalue weighted by molar-refractivity contribution is 7.09. The second-order valence-electron chi connectivity index (χ2n) is 4.65. The van der Waals surface area contributed by atoms with Crippen molar-refractivity contribution in [1.82, 2.24) is 9.88 Å². The molecule has 0 spiro atoms. The van der Waals surface area contributed by atoms with Gasteiger partial charge in [0.1, 0.15) is 11.1 Å². The van der Waals surface area contributed by atoms with E-state index in [1.165, 1.54) is 0 Å². The zero-order valence-corrected chi connectivity index (χ0v) is 12.5. The first-order valence-corrected chi connectivity index (χ1v) is 7.33. The summed E-state index contributed by atoms with van der Waals surface area (Å²) < 4.78 is 5.53. The molecule has 4 nitrogen and oxygen atoms in total. The molecular formula is C13H24N2O2S. The van der Waals surface area contributed by atoms with E-state index < -0.39 is 0 Å². The summed E-state index contributed by atoms with van der Waals surface area (Å²) >= 11 is 1.65. The molecule has 0 amide bonds. The summed E-state index contributed by atoms with van der Waals surface area (Å²) in [5, 5.41) is 12.4. The third kappa shape index (κ3) is 5.44. The van der Waals surface area contributed by atoms with E-state index in [1.807, 2.05) is 27.8 Å². The minimum absolute atomic E-state index is 0.0801. The quantitative estimate of drug-likeness (QED) is 0.789. The van der Waals surface area contributed by atoms with Crippen molar-refractivity contribution in [2.24, 2.45) is 0 Å². The van der Waals surface area contributed by atoms with E-state index in [0.29, 0.717) is 6.61 Å². The monoisotopic (exact) mass is 272 g/mol. The van der Waals surface area contributed by atoms with Crippen LogP contribution in [0.25, 0.3) is 0 Å². The predicted molar refractivity (Wildman–Crippen MR) is 74.8 cm³/mol. The number of ether oxygens (including phenoxy) is 1. The highest BCUT2D eigenvalue weighted by Gasteiger charge is 2.11. The Morgan fingerprint density at radius 3 is 2.83 bits per heavy atom. The molecule has 104 valence electrons. The summed E-state index contributed by atoms with van der Waals surface area (Å²) in [7, 11) is 2.05. The molecule has 5 heteroatoms. The number of aromatic nitrogens is 1. The summed E-state index contributed by atoms with van der Waals surface area (Å²) in [5.74, 6) is 0. The van der Waals surface area contributed by atoms with Crippen LogP contribution in [0.3, 0.4) is 0 Å². The maximum Gasteiger partial charge on any atom is 0.122 e. The van der Waals surface area contributed by atoms with Crippen molar-refractivity contribution in [2.45, 2.75) is 45.9 Å². The van der Waals surface area contributed by atoms with E-state index in [2.05, 4.69) is 15.3 Å². The van der Waals surface area contributed by atoms with E-state index in [-0.39, 0.29) is 12.2 Å². The van der Waals surface area contributed by atoms with Crippen LogP contribution in [0.1, 0.15) is 44.0 Å². The van der Waals surface area contributed by atoms with Gasteiger partial charge < -0.3 is 14.7 Å². The van der Waals surface area contributed by atoms with Gasteiger partial charge in [-0.05, 0) is 34.2 Å². The van der Waals surface area contributed by atoms with Gasteiger partial charge in [-0.3, -0.25) is 0 Å². The van der Waals surface area contributed by atoms with Crippen LogP contribution in [0.4, 0.5) is 0 Å². The molecule has 0 bridgehead atoms. The van der Waals surface area contributed by atoms with Crippen molar-refractivity contribution in [3.63, 3.8) is 0 Å². The minimum atomic E-state index is -0.239. The number of thiazole rings is 1. The molecule has 0 aliphatic rings. The standard InChI is InChI=1S/C13H24N2O2S/c1-5-17-11(3)13-14-12(9-18-13)8-15(4)7-6-10(2)16/h9-11,16H,5-8H2,1-4H3. The van der Waals surface area contributed by atoms with Gasteiger partial charge in [0.2, 0.25) is 0 Å². The first-order chi connectivity index (χ1) is 8.52. The number of aliphatic hydroxyl groups is 1. The Morgan fingerprint density at radius 1 is 1.50 bits per heavy atom. The summed E-state index contributed by atoms with van der Waals surface area (Å²) in [6.07, 6.45) is 0.635. The van der Waals surface area contributed by atoms with E-state index in [4.69, 9.17) is 4.74 Å². The predicted octanol–water partition coefficient (Wildman–Crippen LogP) is 2.44. The highest BCUT2D eigenvalue weighted by Crippen LogP contribution is 2.21. The van der Waals surface area contributed by atoms with Crippen molar-refractivity contribution in [3.8, 4) is 0 Å². The van der Waals surface area contributed by atoms with Gasteiger partial charge in [-0.15, -0.1) is 11.3 Å². The highest BCUT2D eigenvalue weighted by atomic mass is 32.1. The third-order valence-electron chi connectivity index (χ3n) is 2.69. The van der Waals surface area contributed by atoms with E-state index in [0.717, 1.165) is 30.2 Å². The lowest BCUT2D eigenvalue weighted by molar-refractivity contribution is 0.0760. The summed E-state index contributed by atoms with van der Waals surface area (Å²) in [5.41, 5.74) is 1.08. The molecule has 1 N–H and O–H groups in total. The summed E-state index contributed by atoms with van der Waals surface area (Å²) in [4.78, 5) is 6.76. The van der Waals surface area contributed by atoms with Crippen LogP contribution in [0.15, 0.2) is 5.38 Å². The molecule has 0 fully saturated rings. The van der Waals surface area contributed by atoms with E-state index in [9.17, 15) is 5.11 Å². The molecule has 0 saturated heterocycles. The zero-order chi connectivity index (χ0) is 13.5. The van der Waals surface area contributed by atoms with Crippen LogP contribution in [0, 0.1) is 0 Å². The summed E-state index contributed by atoms with van der Waals surface area (Å²) in [6.45, 7) is 8.26. The molecule has 0 radical (unpaired) electrons. The van der Waals surface area contributed by atoms with Crippen molar-refractivity contribution < 1.29 is 9.84 Å². The van der Waals surface area contributed by atoms with Crippen LogP contribution in [0.5, 0.6) is 0 Å². The van der Waals surface area contributed by atoms with Gasteiger partial charge in [-0.1, -0.05) is 0 Å². The van der Waals surface area contributed by atoms with E-state index in [1.54, 1.807) is 11.3 Å². The van der Waals surface area contributed by atoms with Gasteiger partial charge in [0.25, 0.3) is 0 Å². The number of hydrogen-bond donors (Lipinski definition) is 1. The number of nitrogens with zero attached hydrogens (tertiary/aromatic N) is 2. The van der Waals surface area contributed by atoms with Crippen molar-refractivity contribution >= 4 is 11.3 Å². The molecule has 0 aromatic carbocycles. The topological polar surface area (TPSA) is 45.6 Å². The SMILES string of the molecule is CCOC(C)c1nc(CN(C)CCC(C)O)cs1. The normalized spacial score (nSPS) is 15.0. The Labute approximate surface area is 114 Å². The van der Waals surface area contributed by atoms with E-state index >= 15 is 0 Å². The fourth-order valence-corrected chi connectivity index (χ4v) is 2.48. The average molecular weight is 272 g/mol. The first-order valence-electron chi connectivity index (χ1n) is 6.45. The smallest absolute Gasteiger partial charge is 0.122 e. The molecule has 0 aliphatic carbocycles. The number of aliphatic hydroxyl groups excluding tert-OH is 1. The Hall–Kier alpha value is -0.490. The van der Waals surface area contributed by atoms with Crippen molar-refractivity contribution in [3.05, 3.63) is 16.1 Å². The average Bonchev–Trinajstić information content (AvgIpc) is 2.75. The largest absolute Gasteiger partial charge is 0.393 e. The molecule has 1 aromatic heterocycles. The lowest BCUT2D eigenvalue weighted by Gasteiger charge is -2.16. The number of rotatable bonds is 8. The molecule has 1 heterocycles. The minimum Gasteiger partial charge on any atom is -0.393 e. The van der Waals surface area contributed by atoms with Gasteiger partial charge in [0, 0.05) is 25.1 Å². The third-order valence-corrected chi connectivity index (χ3v) is 3.75. The summed E-state index contributed by atoms with van der Waals surface area (Å²) in [6, 6.07) is 0. The van der Waals surface area contributed by atoms with Crippen LogP contribution < -0.4 is 0 Å². The van der Waals surface area contributed by atoms with Gasteiger partial charge in [-0.25, -0.2) is 4.98 Å². The molecular weight excluding hydrogens is 248 g/mol. The van der Waals surface area contributed by atoms with Gasteiger partial charge in [-0.2, -0.15) is 0 Å². The van der Waals surface area contributed by atoms with Gasteiger partial charge in [0.05, 0.1) is 11.8 Å². The fraction of sp³-hybridized carbons (Fsp3) is 0.769. The lowest BCUT2D eigenvalue weighted by Crippen LogP contribution is -2.22. The maximum absolute atomic E-state index is 9.25. The Balaban J connectivity index is 2.43. The van der Waals surface area contributed by atoms with Crippen LogP contribution >= 0.6 is 11.3 Å². The molecule has 0 saturated carbocycles.